The SMILES string of the molecule is CC.COCCCc1cn(C)c2cccnc12. The van der Waals surface area contributed by atoms with Crippen molar-refractivity contribution in [3.63, 3.8) is 0 Å². The van der Waals surface area contributed by atoms with E-state index in [0.29, 0.717) is 0 Å². The average molecular weight is 234 g/mol. The maximum atomic E-state index is 5.06. The standard InChI is InChI=1S/C12H16N2O.C2H6/c1-14-9-10(5-4-8-15-2)12-11(14)6-3-7-13-12;1-2/h3,6-7,9H,4-5,8H2,1-2H3;1-2H3. The summed E-state index contributed by atoms with van der Waals surface area (Å²) in [5, 5.41) is 0. The first-order chi connectivity index (χ1) is 8.33. The molecule has 0 spiro atoms. The van der Waals surface area contributed by atoms with E-state index in [9.17, 15) is 0 Å². The van der Waals surface area contributed by atoms with E-state index in [1.807, 2.05) is 26.1 Å². The van der Waals surface area contributed by atoms with Crippen molar-refractivity contribution in [3.05, 3.63) is 30.1 Å². The Hall–Kier alpha value is -1.35. The molecule has 0 atom stereocenters. The number of ether oxygens (including phenoxy) is 1. The highest BCUT2D eigenvalue weighted by Gasteiger charge is 2.06. The summed E-state index contributed by atoms with van der Waals surface area (Å²) in [6, 6.07) is 4.07. The number of aryl methyl sites for hydroxylation is 2. The minimum atomic E-state index is 0.809. The van der Waals surface area contributed by atoms with Crippen molar-refractivity contribution in [2.24, 2.45) is 7.05 Å². The maximum Gasteiger partial charge on any atom is 0.0912 e. The highest BCUT2D eigenvalue weighted by molar-refractivity contribution is 5.79. The highest BCUT2D eigenvalue weighted by Crippen LogP contribution is 2.18. The number of rotatable bonds is 4. The van der Waals surface area contributed by atoms with Crippen LogP contribution in [0.3, 0.4) is 0 Å². The predicted octanol–water partition coefficient (Wildman–Crippen LogP) is 3.18. The molecule has 0 radical (unpaired) electrons. The van der Waals surface area contributed by atoms with Gasteiger partial charge in [0.25, 0.3) is 0 Å². The van der Waals surface area contributed by atoms with Crippen molar-refractivity contribution in [1.82, 2.24) is 9.55 Å². The minimum Gasteiger partial charge on any atom is -0.385 e. The number of aromatic nitrogens is 2. The lowest BCUT2D eigenvalue weighted by Crippen LogP contribution is -1.92. The number of hydrogen-bond donors (Lipinski definition) is 0. The number of methoxy groups -OCH3 is 1. The molecule has 3 nitrogen and oxygen atoms in total. The van der Waals surface area contributed by atoms with Crippen LogP contribution in [0.2, 0.25) is 0 Å². The van der Waals surface area contributed by atoms with Gasteiger partial charge >= 0.3 is 0 Å². The van der Waals surface area contributed by atoms with Crippen LogP contribution in [0.4, 0.5) is 0 Å². The van der Waals surface area contributed by atoms with Gasteiger partial charge in [0.1, 0.15) is 0 Å². The minimum absolute atomic E-state index is 0.809. The Morgan fingerprint density at radius 2 is 2.12 bits per heavy atom. The van der Waals surface area contributed by atoms with Crippen LogP contribution in [0.25, 0.3) is 11.0 Å². The Kier molecular flexibility index (Phi) is 5.70. The summed E-state index contributed by atoms with van der Waals surface area (Å²) in [6.45, 7) is 4.81. The zero-order valence-electron chi connectivity index (χ0n) is 11.2. The second-order valence-electron chi connectivity index (χ2n) is 3.73. The number of pyridine rings is 1. The van der Waals surface area contributed by atoms with Crippen LogP contribution in [-0.4, -0.2) is 23.3 Å². The van der Waals surface area contributed by atoms with Gasteiger partial charge in [-0.2, -0.15) is 0 Å². The molecule has 0 aliphatic heterocycles. The van der Waals surface area contributed by atoms with Crippen LogP contribution in [0.15, 0.2) is 24.5 Å². The Balaban J connectivity index is 0.000000686. The third-order valence-electron chi connectivity index (χ3n) is 2.61. The van der Waals surface area contributed by atoms with E-state index in [-0.39, 0.29) is 0 Å². The van der Waals surface area contributed by atoms with Crippen molar-refractivity contribution in [2.45, 2.75) is 26.7 Å². The first-order valence-electron chi connectivity index (χ1n) is 6.21. The molecule has 0 fully saturated rings. The smallest absolute Gasteiger partial charge is 0.0912 e. The fraction of sp³-hybridized carbons (Fsp3) is 0.500. The zero-order chi connectivity index (χ0) is 12.7. The third-order valence-corrected chi connectivity index (χ3v) is 2.61. The first-order valence-corrected chi connectivity index (χ1v) is 6.21. The van der Waals surface area contributed by atoms with Gasteiger partial charge in [0.2, 0.25) is 0 Å². The Morgan fingerprint density at radius 1 is 1.35 bits per heavy atom. The fourth-order valence-corrected chi connectivity index (χ4v) is 1.88. The normalized spacial score (nSPS) is 10.1. The second-order valence-corrected chi connectivity index (χ2v) is 3.73. The van der Waals surface area contributed by atoms with Crippen molar-refractivity contribution >= 4 is 11.0 Å². The summed E-state index contributed by atoms with van der Waals surface area (Å²) in [6.07, 6.45) is 6.09. The van der Waals surface area contributed by atoms with E-state index in [0.717, 1.165) is 25.0 Å². The molecule has 0 saturated heterocycles. The van der Waals surface area contributed by atoms with Gasteiger partial charge in [-0.25, -0.2) is 0 Å². The summed E-state index contributed by atoms with van der Waals surface area (Å²) in [7, 11) is 3.80. The van der Waals surface area contributed by atoms with Crippen LogP contribution in [-0.2, 0) is 18.2 Å². The molecule has 2 aromatic heterocycles. The van der Waals surface area contributed by atoms with Gasteiger partial charge in [0.05, 0.1) is 11.0 Å². The Morgan fingerprint density at radius 3 is 2.82 bits per heavy atom. The first kappa shape index (κ1) is 13.7. The van der Waals surface area contributed by atoms with Crippen LogP contribution < -0.4 is 0 Å². The van der Waals surface area contributed by atoms with Gasteiger partial charge in [0.15, 0.2) is 0 Å². The lowest BCUT2D eigenvalue weighted by atomic mass is 10.1. The zero-order valence-corrected chi connectivity index (χ0v) is 11.2. The molecule has 0 N–H and O–H groups in total. The van der Waals surface area contributed by atoms with Crippen molar-refractivity contribution in [3.8, 4) is 0 Å². The molecule has 0 amide bonds. The largest absolute Gasteiger partial charge is 0.385 e. The van der Waals surface area contributed by atoms with Crippen LogP contribution in [0, 0.1) is 0 Å². The van der Waals surface area contributed by atoms with Crippen molar-refractivity contribution in [1.29, 1.82) is 0 Å². The molecule has 0 bridgehead atoms. The quantitative estimate of drug-likeness (QED) is 0.760. The summed E-state index contributed by atoms with van der Waals surface area (Å²) >= 11 is 0. The van der Waals surface area contributed by atoms with E-state index >= 15 is 0 Å². The lowest BCUT2D eigenvalue weighted by molar-refractivity contribution is 0.195. The van der Waals surface area contributed by atoms with Gasteiger partial charge < -0.3 is 9.30 Å². The van der Waals surface area contributed by atoms with Crippen molar-refractivity contribution in [2.75, 3.05) is 13.7 Å². The van der Waals surface area contributed by atoms with E-state index in [2.05, 4.69) is 28.9 Å². The summed E-state index contributed by atoms with van der Waals surface area (Å²) in [5.74, 6) is 0. The van der Waals surface area contributed by atoms with Crippen LogP contribution >= 0.6 is 0 Å². The average Bonchev–Trinajstić information content (AvgIpc) is 2.70. The molecule has 94 valence electrons. The molecule has 2 heterocycles. The van der Waals surface area contributed by atoms with Crippen LogP contribution in [0.1, 0.15) is 25.8 Å². The Labute approximate surface area is 103 Å². The molecule has 0 aliphatic rings. The highest BCUT2D eigenvalue weighted by atomic mass is 16.5. The molecule has 0 aromatic carbocycles. The van der Waals surface area contributed by atoms with Gasteiger partial charge in [-0.05, 0) is 30.5 Å². The molecule has 2 aromatic rings. The van der Waals surface area contributed by atoms with Gasteiger partial charge in [-0.3, -0.25) is 4.98 Å². The molecule has 0 saturated carbocycles. The molecular weight excluding hydrogens is 212 g/mol. The number of hydrogen-bond acceptors (Lipinski definition) is 2. The number of nitrogens with zero attached hydrogens (tertiary/aromatic N) is 2. The summed E-state index contributed by atoms with van der Waals surface area (Å²) in [4.78, 5) is 4.42. The molecule has 0 unspecified atom stereocenters. The van der Waals surface area contributed by atoms with E-state index in [1.165, 1.54) is 11.1 Å². The lowest BCUT2D eigenvalue weighted by Gasteiger charge is -1.97. The van der Waals surface area contributed by atoms with Crippen LogP contribution in [0.5, 0.6) is 0 Å². The molecule has 0 aliphatic carbocycles. The fourth-order valence-electron chi connectivity index (χ4n) is 1.88. The molecule has 3 heteroatoms. The van der Waals surface area contributed by atoms with E-state index in [4.69, 9.17) is 4.74 Å². The third kappa shape index (κ3) is 3.30. The van der Waals surface area contributed by atoms with E-state index in [1.54, 1.807) is 7.11 Å². The van der Waals surface area contributed by atoms with Crippen molar-refractivity contribution < 1.29 is 4.74 Å². The topological polar surface area (TPSA) is 27.1 Å². The predicted molar refractivity (Wildman–Crippen MR) is 72.3 cm³/mol. The van der Waals surface area contributed by atoms with Gasteiger partial charge in [-0.1, -0.05) is 13.8 Å². The van der Waals surface area contributed by atoms with Gasteiger partial charge in [0, 0.05) is 33.2 Å². The molecular formula is C14H22N2O. The van der Waals surface area contributed by atoms with Gasteiger partial charge in [-0.15, -0.1) is 0 Å². The monoisotopic (exact) mass is 234 g/mol. The van der Waals surface area contributed by atoms with E-state index < -0.39 is 0 Å². The number of fused-ring (bicyclic) bond motifs is 1. The maximum absolute atomic E-state index is 5.06. The molecule has 2 rings (SSSR count). The second kappa shape index (κ2) is 7.07. The Bertz CT molecular complexity index is 448. The summed E-state index contributed by atoms with van der Waals surface area (Å²) in [5.41, 5.74) is 3.63. The summed E-state index contributed by atoms with van der Waals surface area (Å²) < 4.78 is 7.18. The molecule has 17 heavy (non-hydrogen) atoms.